The van der Waals surface area contributed by atoms with Gasteiger partial charge < -0.3 is 19.4 Å². The van der Waals surface area contributed by atoms with Gasteiger partial charge in [-0.05, 0) is 159 Å². The van der Waals surface area contributed by atoms with Gasteiger partial charge in [-0.1, -0.05) is 59.7 Å². The van der Waals surface area contributed by atoms with E-state index in [1.807, 2.05) is 24.3 Å². The number of methoxy groups -OCH3 is 2. The average Bonchev–Trinajstić information content (AvgIpc) is 4.10. The van der Waals surface area contributed by atoms with Crippen LogP contribution in [-0.4, -0.2) is 46.1 Å². The van der Waals surface area contributed by atoms with Gasteiger partial charge in [-0.2, -0.15) is 0 Å². The van der Waals surface area contributed by atoms with Crippen molar-refractivity contribution < 1.29 is 19.1 Å². The van der Waals surface area contributed by atoms with E-state index in [0.717, 1.165) is 112 Å². The maximum atomic E-state index is 12.5. The van der Waals surface area contributed by atoms with Crippen LogP contribution in [0.1, 0.15) is 76.9 Å². The standard InChI is InChI=1S/C54H46N4O4/c1-29-25-31(3)47(32(4)26-29)51-43-21-17-39(55-43)49(35-9-13-37(14-10-35)53(59)61-7)41-19-23-45(57-41)52(48-33(5)27-30(2)28-34(48)6)46-24-20-42(58-46)50(40-18-22-44(51)56-40)36-11-15-38(16-12-36)54(60)62-8/h9-28,55,57H,1-8H3. The number of hydrogen-bond acceptors (Lipinski definition) is 6. The van der Waals surface area contributed by atoms with Crippen LogP contribution in [0.2, 0.25) is 0 Å². The zero-order valence-corrected chi connectivity index (χ0v) is 36.1. The molecule has 8 heteroatoms. The molecule has 0 aliphatic carbocycles. The summed E-state index contributed by atoms with van der Waals surface area (Å²) in [5, 5.41) is 0. The topological polar surface area (TPSA) is 110 Å². The fraction of sp³-hybridized carbons (Fsp3) is 0.148. The molecule has 0 radical (unpaired) electrons. The number of nitrogens with zero attached hydrogens (tertiary/aromatic N) is 2. The van der Waals surface area contributed by atoms with E-state index in [0.29, 0.717) is 11.1 Å². The number of esters is 2. The highest BCUT2D eigenvalue weighted by Gasteiger charge is 2.22. The second kappa shape index (κ2) is 15.8. The first-order chi connectivity index (χ1) is 29.9. The van der Waals surface area contributed by atoms with Crippen molar-refractivity contribution in [1.29, 1.82) is 0 Å². The summed E-state index contributed by atoms with van der Waals surface area (Å²) in [7, 11) is 2.78. The lowest BCUT2D eigenvalue weighted by Crippen LogP contribution is -2.00. The van der Waals surface area contributed by atoms with Gasteiger partial charge in [0, 0.05) is 44.3 Å². The first-order valence-corrected chi connectivity index (χ1v) is 20.6. The number of benzene rings is 4. The van der Waals surface area contributed by atoms with Gasteiger partial charge >= 0.3 is 11.9 Å². The number of aromatic nitrogens is 4. The van der Waals surface area contributed by atoms with Crippen molar-refractivity contribution in [2.75, 3.05) is 14.2 Å². The molecular formula is C54H46N4O4. The number of rotatable bonds is 6. The first kappa shape index (κ1) is 39.9. The molecule has 4 aromatic carbocycles. The summed E-state index contributed by atoms with van der Waals surface area (Å²) in [6, 6.07) is 32.3. The molecule has 0 saturated heterocycles. The smallest absolute Gasteiger partial charge is 0.337 e. The number of fused-ring (bicyclic) bond motifs is 8. The van der Waals surface area contributed by atoms with E-state index in [2.05, 4.69) is 124 Å². The fourth-order valence-corrected chi connectivity index (χ4v) is 9.27. The van der Waals surface area contributed by atoms with E-state index >= 15 is 0 Å². The summed E-state index contributed by atoms with van der Waals surface area (Å²) in [4.78, 5) is 43.7. The Balaban J connectivity index is 1.47. The van der Waals surface area contributed by atoms with Crippen LogP contribution in [0, 0.1) is 41.5 Å². The molecule has 9 rings (SSSR count). The maximum absolute atomic E-state index is 12.5. The number of carbonyl (C=O) groups excluding carboxylic acids is 2. The van der Waals surface area contributed by atoms with E-state index in [1.54, 1.807) is 24.3 Å². The number of hydrogen-bond donors (Lipinski definition) is 2. The lowest BCUT2D eigenvalue weighted by atomic mass is 9.92. The minimum absolute atomic E-state index is 0.392. The van der Waals surface area contributed by atoms with Crippen molar-refractivity contribution >= 4 is 58.3 Å². The zero-order valence-electron chi connectivity index (χ0n) is 36.1. The van der Waals surface area contributed by atoms with Crippen LogP contribution in [0.4, 0.5) is 0 Å². The van der Waals surface area contributed by atoms with E-state index in [9.17, 15) is 9.59 Å². The number of aryl methyl sites for hydroxylation is 6. The minimum atomic E-state index is -0.401. The molecule has 7 aromatic rings. The first-order valence-electron chi connectivity index (χ1n) is 20.6. The number of carbonyl (C=O) groups is 2. The van der Waals surface area contributed by atoms with Crippen LogP contribution in [0.3, 0.4) is 0 Å². The van der Waals surface area contributed by atoms with Gasteiger partial charge in [-0.15, -0.1) is 0 Å². The molecule has 0 amide bonds. The monoisotopic (exact) mass is 814 g/mol. The van der Waals surface area contributed by atoms with Crippen LogP contribution in [0.15, 0.2) is 97.1 Å². The van der Waals surface area contributed by atoms with E-state index < -0.39 is 11.9 Å². The molecule has 0 unspecified atom stereocenters. The third-order valence-corrected chi connectivity index (χ3v) is 11.8. The van der Waals surface area contributed by atoms with Crippen molar-refractivity contribution in [2.45, 2.75) is 41.5 Å². The molecule has 2 aliphatic rings. The van der Waals surface area contributed by atoms with Crippen LogP contribution < -0.4 is 0 Å². The summed E-state index contributed by atoms with van der Waals surface area (Å²) in [6.45, 7) is 12.8. The Kier molecular flexibility index (Phi) is 10.2. The van der Waals surface area contributed by atoms with E-state index in [1.165, 1.54) is 25.3 Å². The Morgan fingerprint density at radius 2 is 0.710 bits per heavy atom. The van der Waals surface area contributed by atoms with E-state index in [-0.39, 0.29) is 0 Å². The number of H-pyrrole nitrogens is 2. The molecule has 5 heterocycles. The van der Waals surface area contributed by atoms with Gasteiger partial charge in [0.05, 0.1) is 48.1 Å². The molecule has 0 fully saturated rings. The Hall–Kier alpha value is -7.58. The molecular weight excluding hydrogens is 769 g/mol. The Bertz CT molecular complexity index is 3030. The summed E-state index contributed by atoms with van der Waals surface area (Å²) in [5.41, 5.74) is 22.2. The summed E-state index contributed by atoms with van der Waals surface area (Å²) in [5.74, 6) is -0.792. The van der Waals surface area contributed by atoms with Crippen molar-refractivity contribution in [3.8, 4) is 44.5 Å². The third-order valence-electron chi connectivity index (χ3n) is 11.8. The highest BCUT2D eigenvalue weighted by atomic mass is 16.5. The number of nitrogens with one attached hydrogen (secondary N) is 2. The number of ether oxygens (including phenoxy) is 2. The van der Waals surface area contributed by atoms with Crippen LogP contribution in [0.25, 0.3) is 90.9 Å². The molecule has 62 heavy (non-hydrogen) atoms. The average molecular weight is 815 g/mol. The third kappa shape index (κ3) is 7.03. The molecule has 0 atom stereocenters. The maximum Gasteiger partial charge on any atom is 0.337 e. The second-order valence-corrected chi connectivity index (χ2v) is 16.2. The Labute approximate surface area is 360 Å². The minimum Gasteiger partial charge on any atom is -0.465 e. The van der Waals surface area contributed by atoms with Crippen LogP contribution in [0.5, 0.6) is 0 Å². The molecule has 0 spiro atoms. The molecule has 2 N–H and O–H groups in total. The van der Waals surface area contributed by atoms with Gasteiger partial charge in [0.15, 0.2) is 0 Å². The van der Waals surface area contributed by atoms with Crippen LogP contribution in [-0.2, 0) is 9.47 Å². The second-order valence-electron chi connectivity index (χ2n) is 16.2. The SMILES string of the molecule is COC(=O)c1ccc(-c2c3nc(c(-c4c(C)cc(C)cc4C)c4ccc([nH]4)c(-c4ccc(C(=O)OC)cc4)c4ccc([nH]4)c(-c4c(C)cc(C)cc4C)c4nc2C=C4)C=C3)cc1. The van der Waals surface area contributed by atoms with Crippen molar-refractivity contribution in [3.05, 3.63) is 164 Å². The summed E-state index contributed by atoms with van der Waals surface area (Å²) < 4.78 is 10.1. The van der Waals surface area contributed by atoms with Gasteiger partial charge in [-0.25, -0.2) is 19.6 Å². The predicted molar refractivity (Wildman–Crippen MR) is 252 cm³/mol. The Morgan fingerprint density at radius 1 is 0.403 bits per heavy atom. The van der Waals surface area contributed by atoms with E-state index in [4.69, 9.17) is 19.4 Å². The van der Waals surface area contributed by atoms with Gasteiger partial charge in [0.1, 0.15) is 0 Å². The van der Waals surface area contributed by atoms with Crippen molar-refractivity contribution in [1.82, 2.24) is 19.9 Å². The quantitative estimate of drug-likeness (QED) is 0.162. The van der Waals surface area contributed by atoms with Crippen LogP contribution >= 0.6 is 0 Å². The van der Waals surface area contributed by atoms with Crippen molar-refractivity contribution in [2.24, 2.45) is 0 Å². The molecule has 306 valence electrons. The summed E-state index contributed by atoms with van der Waals surface area (Å²) >= 11 is 0. The highest BCUT2D eigenvalue weighted by molar-refractivity contribution is 6.02. The molecule has 3 aromatic heterocycles. The number of aromatic amines is 2. The molecule has 2 aliphatic heterocycles. The fourth-order valence-electron chi connectivity index (χ4n) is 9.27. The zero-order chi connectivity index (χ0) is 43.4. The molecule has 8 bridgehead atoms. The van der Waals surface area contributed by atoms with Gasteiger partial charge in [-0.3, -0.25) is 0 Å². The Morgan fingerprint density at radius 3 is 1.05 bits per heavy atom. The normalized spacial score (nSPS) is 11.9. The lowest BCUT2D eigenvalue weighted by molar-refractivity contribution is 0.0592. The van der Waals surface area contributed by atoms with Gasteiger partial charge in [0.25, 0.3) is 0 Å². The largest absolute Gasteiger partial charge is 0.465 e. The van der Waals surface area contributed by atoms with Crippen molar-refractivity contribution in [3.63, 3.8) is 0 Å². The molecule has 8 nitrogen and oxygen atoms in total. The van der Waals surface area contributed by atoms with Gasteiger partial charge in [0.2, 0.25) is 0 Å². The summed E-state index contributed by atoms with van der Waals surface area (Å²) in [6.07, 6.45) is 8.28. The predicted octanol–water partition coefficient (Wildman–Crippen LogP) is 12.7. The highest BCUT2D eigenvalue weighted by Crippen LogP contribution is 2.41. The molecule has 0 saturated carbocycles. The lowest BCUT2D eigenvalue weighted by Gasteiger charge is -2.13.